The van der Waals surface area contributed by atoms with E-state index in [4.69, 9.17) is 0 Å². The number of hydrogen-bond acceptors (Lipinski definition) is 4. The maximum atomic E-state index is 12.9. The maximum absolute atomic E-state index is 12.9. The fraction of sp³-hybridized carbons (Fsp3) is 0.0417. The monoisotopic (exact) mass is 385 g/mol. The molecule has 3 aromatic carbocycles. The Labute approximate surface area is 167 Å². The summed E-state index contributed by atoms with van der Waals surface area (Å²) in [5.74, 6) is 0.387. The topological polar surface area (TPSA) is 82.7 Å². The Morgan fingerprint density at radius 3 is 1.41 bits per heavy atom. The minimum Gasteiger partial charge on any atom is -0.508 e. The highest BCUT2D eigenvalue weighted by Gasteiger charge is 2.15. The molecule has 0 aliphatic rings. The van der Waals surface area contributed by atoms with Crippen LogP contribution in [0.1, 0.15) is 10.4 Å². The van der Waals surface area contributed by atoms with Crippen molar-refractivity contribution in [3.8, 4) is 39.5 Å². The summed E-state index contributed by atoms with van der Waals surface area (Å²) in [5, 5.41) is 28.6. The van der Waals surface area contributed by atoms with E-state index in [1.165, 1.54) is 0 Å². The van der Waals surface area contributed by atoms with Gasteiger partial charge in [0.25, 0.3) is 0 Å². The molecule has 1 aromatic heterocycles. The van der Waals surface area contributed by atoms with E-state index in [2.05, 4.69) is 0 Å². The van der Waals surface area contributed by atoms with E-state index in [0.717, 1.165) is 27.8 Å². The van der Waals surface area contributed by atoms with Crippen molar-refractivity contribution in [3.05, 3.63) is 90.8 Å². The zero-order chi connectivity index (χ0) is 20.4. The first-order valence-corrected chi connectivity index (χ1v) is 9.11. The van der Waals surface area contributed by atoms with E-state index in [1.807, 2.05) is 0 Å². The molecule has 0 unspecified atom stereocenters. The number of nitrogens with zero attached hydrogens (tertiary/aromatic N) is 1. The second-order valence-corrected chi connectivity index (χ2v) is 6.82. The van der Waals surface area contributed by atoms with Crippen LogP contribution in [0.15, 0.2) is 85.2 Å². The number of phenolic OH excluding ortho intramolecular Hbond substituents is 3. The Morgan fingerprint density at radius 2 is 1.00 bits per heavy atom. The lowest BCUT2D eigenvalue weighted by molar-refractivity contribution is 0.0914. The first-order chi connectivity index (χ1) is 14.0. The summed E-state index contributed by atoms with van der Waals surface area (Å²) in [4.78, 5) is 12.9. The van der Waals surface area contributed by atoms with Crippen LogP contribution in [-0.2, 0) is 6.42 Å². The second-order valence-electron chi connectivity index (χ2n) is 6.82. The average molecular weight is 385 g/mol. The van der Waals surface area contributed by atoms with Crippen molar-refractivity contribution in [2.24, 2.45) is 0 Å². The van der Waals surface area contributed by atoms with Crippen molar-refractivity contribution in [2.45, 2.75) is 6.42 Å². The van der Waals surface area contributed by atoms with Crippen molar-refractivity contribution in [1.82, 2.24) is 4.57 Å². The molecule has 29 heavy (non-hydrogen) atoms. The van der Waals surface area contributed by atoms with E-state index in [1.54, 1.807) is 89.8 Å². The van der Waals surface area contributed by atoms with Crippen LogP contribution in [0.25, 0.3) is 22.3 Å². The van der Waals surface area contributed by atoms with E-state index in [-0.39, 0.29) is 29.6 Å². The summed E-state index contributed by atoms with van der Waals surface area (Å²) in [6.07, 6.45) is 3.74. The van der Waals surface area contributed by atoms with Gasteiger partial charge in [0, 0.05) is 23.5 Å². The van der Waals surface area contributed by atoms with Gasteiger partial charge in [-0.25, -0.2) is 0 Å². The Kier molecular flexibility index (Phi) is 4.79. The van der Waals surface area contributed by atoms with Gasteiger partial charge in [-0.15, -0.1) is 0 Å². The first kappa shape index (κ1) is 18.4. The van der Waals surface area contributed by atoms with Crippen molar-refractivity contribution in [3.63, 3.8) is 0 Å². The quantitative estimate of drug-likeness (QED) is 0.470. The zero-order valence-corrected chi connectivity index (χ0v) is 15.5. The minimum atomic E-state index is -0.110. The zero-order valence-electron chi connectivity index (χ0n) is 15.5. The molecule has 5 heteroatoms. The van der Waals surface area contributed by atoms with E-state index in [0.29, 0.717) is 0 Å². The molecule has 0 aliphatic carbocycles. The maximum Gasteiger partial charge on any atom is 0.235 e. The van der Waals surface area contributed by atoms with Crippen molar-refractivity contribution >= 4 is 5.91 Å². The lowest BCUT2D eigenvalue weighted by Crippen LogP contribution is -2.11. The molecular formula is C24H19NO4. The minimum absolute atomic E-state index is 0.110. The number of carbonyl (C=O) groups excluding carboxylic acids is 1. The van der Waals surface area contributed by atoms with Gasteiger partial charge in [-0.1, -0.05) is 36.4 Å². The molecule has 0 aliphatic heterocycles. The molecule has 0 saturated heterocycles. The number of hydrogen-bond donors (Lipinski definition) is 3. The number of aromatic hydroxyl groups is 3. The van der Waals surface area contributed by atoms with Crippen LogP contribution in [0.2, 0.25) is 0 Å². The summed E-state index contributed by atoms with van der Waals surface area (Å²) in [6.45, 7) is 0. The van der Waals surface area contributed by atoms with Gasteiger partial charge in [-0.05, 0) is 53.1 Å². The number of carbonyl (C=O) groups is 1. The first-order valence-electron chi connectivity index (χ1n) is 9.11. The van der Waals surface area contributed by atoms with E-state index < -0.39 is 0 Å². The molecule has 144 valence electrons. The molecule has 3 N–H and O–H groups in total. The Hall–Kier alpha value is -3.99. The Morgan fingerprint density at radius 1 is 0.621 bits per heavy atom. The molecule has 0 atom stereocenters. The van der Waals surface area contributed by atoms with Crippen LogP contribution < -0.4 is 0 Å². The van der Waals surface area contributed by atoms with Crippen molar-refractivity contribution in [1.29, 1.82) is 0 Å². The van der Waals surface area contributed by atoms with Crippen LogP contribution >= 0.6 is 0 Å². The normalized spacial score (nSPS) is 10.8. The van der Waals surface area contributed by atoms with Gasteiger partial charge >= 0.3 is 0 Å². The predicted octanol–water partition coefficient (Wildman–Crippen LogP) is 4.82. The van der Waals surface area contributed by atoms with Crippen LogP contribution in [-0.4, -0.2) is 25.8 Å². The van der Waals surface area contributed by atoms with Crippen LogP contribution in [0.4, 0.5) is 0 Å². The average Bonchev–Trinajstić information content (AvgIpc) is 3.16. The summed E-state index contributed by atoms with van der Waals surface area (Å²) < 4.78 is 1.55. The van der Waals surface area contributed by atoms with Gasteiger partial charge in [0.15, 0.2) is 0 Å². The fourth-order valence-electron chi connectivity index (χ4n) is 3.22. The molecule has 0 spiro atoms. The molecule has 4 aromatic rings. The Balaban J connectivity index is 1.74. The second kappa shape index (κ2) is 7.56. The van der Waals surface area contributed by atoms with Crippen molar-refractivity contribution in [2.75, 3.05) is 0 Å². The summed E-state index contributed by atoms with van der Waals surface area (Å²) in [7, 11) is 0. The number of aromatic nitrogens is 1. The Bertz CT molecular complexity index is 1080. The summed E-state index contributed by atoms with van der Waals surface area (Å²) in [5.41, 5.74) is 4.22. The molecule has 5 nitrogen and oxygen atoms in total. The van der Waals surface area contributed by atoms with E-state index >= 15 is 0 Å². The third-order valence-electron chi connectivity index (χ3n) is 4.76. The van der Waals surface area contributed by atoms with Crippen LogP contribution in [0.5, 0.6) is 17.2 Å². The number of phenols is 3. The molecule has 0 radical (unpaired) electrons. The molecule has 0 saturated carbocycles. The highest BCUT2D eigenvalue weighted by molar-refractivity contribution is 5.89. The lowest BCUT2D eigenvalue weighted by atomic mass is 9.99. The van der Waals surface area contributed by atoms with Gasteiger partial charge in [-0.3, -0.25) is 9.36 Å². The molecule has 0 bridgehead atoms. The molecule has 1 heterocycles. The van der Waals surface area contributed by atoms with Gasteiger partial charge in [0.2, 0.25) is 5.91 Å². The smallest absolute Gasteiger partial charge is 0.235 e. The predicted molar refractivity (Wildman–Crippen MR) is 111 cm³/mol. The standard InChI is InChI=1S/C24H19NO4/c26-19-7-1-16(2-8-19)13-24(29)25-14-22(17-3-9-20(27)10-4-17)23(15-25)18-5-11-21(28)12-6-18/h1-12,14-15,26-28H,13H2. The molecule has 0 amide bonds. The van der Waals surface area contributed by atoms with Gasteiger partial charge in [0.1, 0.15) is 17.2 Å². The third-order valence-corrected chi connectivity index (χ3v) is 4.76. The van der Waals surface area contributed by atoms with Crippen LogP contribution in [0.3, 0.4) is 0 Å². The summed E-state index contributed by atoms with van der Waals surface area (Å²) in [6, 6.07) is 20.1. The number of benzene rings is 3. The van der Waals surface area contributed by atoms with Crippen molar-refractivity contribution < 1.29 is 20.1 Å². The molecule has 0 fully saturated rings. The van der Waals surface area contributed by atoms with Crippen LogP contribution in [0, 0.1) is 0 Å². The SMILES string of the molecule is O=C(Cc1ccc(O)cc1)n1cc(-c2ccc(O)cc2)c(-c2ccc(O)cc2)c1. The fourth-order valence-corrected chi connectivity index (χ4v) is 3.22. The highest BCUT2D eigenvalue weighted by Crippen LogP contribution is 2.34. The lowest BCUT2D eigenvalue weighted by Gasteiger charge is -2.05. The van der Waals surface area contributed by atoms with E-state index in [9.17, 15) is 20.1 Å². The highest BCUT2D eigenvalue weighted by atomic mass is 16.3. The largest absolute Gasteiger partial charge is 0.508 e. The third kappa shape index (κ3) is 3.99. The molecular weight excluding hydrogens is 366 g/mol. The van der Waals surface area contributed by atoms with Gasteiger partial charge < -0.3 is 15.3 Å². The number of rotatable bonds is 4. The van der Waals surface area contributed by atoms with Gasteiger partial charge in [-0.2, -0.15) is 0 Å². The van der Waals surface area contributed by atoms with Gasteiger partial charge in [0.05, 0.1) is 6.42 Å². The summed E-state index contributed by atoms with van der Waals surface area (Å²) >= 11 is 0. The molecule has 4 rings (SSSR count).